The zero-order valence-electron chi connectivity index (χ0n) is 19.2. The van der Waals surface area contributed by atoms with Crippen LogP contribution in [0.15, 0.2) is 41.3 Å². The molecule has 33 heavy (non-hydrogen) atoms. The molecule has 0 aliphatic heterocycles. The van der Waals surface area contributed by atoms with Crippen LogP contribution in [-0.4, -0.2) is 56.1 Å². The third-order valence-electron chi connectivity index (χ3n) is 5.36. The fraction of sp³-hybridized carbons (Fsp3) is 0.391. The third kappa shape index (κ3) is 6.50. The van der Waals surface area contributed by atoms with Crippen molar-refractivity contribution < 1.29 is 17.6 Å². The highest BCUT2D eigenvalue weighted by Gasteiger charge is 2.27. The molecule has 10 heteroatoms. The van der Waals surface area contributed by atoms with E-state index in [-0.39, 0.29) is 17.3 Å². The Bertz CT molecular complexity index is 1210. The minimum Gasteiger partial charge on any atom is -0.302 e. The first-order valence-corrected chi connectivity index (χ1v) is 13.0. The Balaban J connectivity index is 0.00000385. The fourth-order valence-corrected chi connectivity index (χ4v) is 5.81. The molecule has 6 nitrogen and oxygen atoms in total. The predicted octanol–water partition coefficient (Wildman–Crippen LogP) is 4.62. The number of anilines is 1. The minimum absolute atomic E-state index is 0. The summed E-state index contributed by atoms with van der Waals surface area (Å²) in [5.74, 6) is -1.78. The molecule has 0 saturated carbocycles. The molecule has 0 aliphatic carbocycles. The van der Waals surface area contributed by atoms with Gasteiger partial charge in [-0.2, -0.15) is 0 Å². The van der Waals surface area contributed by atoms with E-state index >= 15 is 0 Å². The van der Waals surface area contributed by atoms with Gasteiger partial charge in [-0.1, -0.05) is 31.3 Å². The van der Waals surface area contributed by atoms with Crippen molar-refractivity contribution in [1.29, 1.82) is 0 Å². The molecule has 3 rings (SSSR count). The van der Waals surface area contributed by atoms with Crippen LogP contribution in [0.5, 0.6) is 0 Å². The van der Waals surface area contributed by atoms with Crippen LogP contribution in [0.4, 0.5) is 9.52 Å². The molecule has 0 N–H and O–H groups in total. The molecule has 0 unspecified atom stereocenters. The molecule has 1 aromatic heterocycles. The van der Waals surface area contributed by atoms with E-state index in [1.165, 1.54) is 28.4 Å². The summed E-state index contributed by atoms with van der Waals surface area (Å²) in [6.07, 6.45) is 0. The van der Waals surface area contributed by atoms with Gasteiger partial charge in [0.2, 0.25) is 5.91 Å². The van der Waals surface area contributed by atoms with E-state index in [1.54, 1.807) is 0 Å². The number of sulfone groups is 1. The van der Waals surface area contributed by atoms with Crippen molar-refractivity contribution in [3.63, 3.8) is 0 Å². The van der Waals surface area contributed by atoms with Gasteiger partial charge >= 0.3 is 0 Å². The highest BCUT2D eigenvalue weighted by molar-refractivity contribution is 7.92. The van der Waals surface area contributed by atoms with Crippen LogP contribution in [0.2, 0.25) is 0 Å². The Hall–Kier alpha value is -2.07. The van der Waals surface area contributed by atoms with Gasteiger partial charge in [0.25, 0.3) is 0 Å². The maximum atomic E-state index is 13.2. The van der Waals surface area contributed by atoms with Gasteiger partial charge in [0.15, 0.2) is 15.0 Å². The van der Waals surface area contributed by atoms with Gasteiger partial charge < -0.3 is 4.90 Å². The number of carbonyl (C=O) groups excluding carboxylic acids is 1. The standard InChI is InChI=1S/C23H28FN3O3S2.ClH/c1-5-26(6-2)11-12-27(23-25-20-14-16(3)13-17(4)22(20)31-23)21(28)15-32(29,30)19-9-7-18(24)8-10-19;/h7-10,13-14H,5-6,11-12,15H2,1-4H3;1H. The average Bonchev–Trinajstić information content (AvgIpc) is 3.15. The number of likely N-dealkylation sites (N-methyl/N-ethyl adjacent to an activating group) is 1. The highest BCUT2D eigenvalue weighted by Crippen LogP contribution is 2.32. The lowest BCUT2D eigenvalue weighted by atomic mass is 10.1. The number of thiazole rings is 1. The van der Waals surface area contributed by atoms with Gasteiger partial charge in [-0.3, -0.25) is 9.69 Å². The number of rotatable bonds is 9. The summed E-state index contributed by atoms with van der Waals surface area (Å²) in [5, 5.41) is 0.486. The van der Waals surface area contributed by atoms with Crippen LogP contribution in [0, 0.1) is 19.7 Å². The summed E-state index contributed by atoms with van der Waals surface area (Å²) in [6.45, 7) is 10.6. The average molecular weight is 514 g/mol. The van der Waals surface area contributed by atoms with Crippen molar-refractivity contribution in [2.75, 3.05) is 36.8 Å². The molecule has 0 aliphatic rings. The number of hydrogen-bond donors (Lipinski definition) is 0. The summed E-state index contributed by atoms with van der Waals surface area (Å²) >= 11 is 1.39. The molecule has 1 heterocycles. The van der Waals surface area contributed by atoms with Crippen LogP contribution >= 0.6 is 23.7 Å². The third-order valence-corrected chi connectivity index (χ3v) is 8.21. The van der Waals surface area contributed by atoms with E-state index in [1.807, 2.05) is 33.8 Å². The Kier molecular flexibility index (Phi) is 9.37. The van der Waals surface area contributed by atoms with Crippen molar-refractivity contribution >= 4 is 54.8 Å². The maximum absolute atomic E-state index is 13.2. The number of carbonyl (C=O) groups is 1. The normalized spacial score (nSPS) is 11.6. The SMILES string of the molecule is CCN(CC)CCN(C(=O)CS(=O)(=O)c1ccc(F)cc1)c1nc2cc(C)cc(C)c2s1.Cl. The number of nitrogens with zero attached hydrogens (tertiary/aromatic N) is 3. The summed E-state index contributed by atoms with van der Waals surface area (Å²) < 4.78 is 39.8. The number of aryl methyl sites for hydroxylation is 2. The molecule has 0 saturated heterocycles. The fourth-order valence-electron chi connectivity index (χ4n) is 3.55. The number of amides is 1. The Labute approximate surface area is 204 Å². The molecule has 0 bridgehead atoms. The van der Waals surface area contributed by atoms with Crippen molar-refractivity contribution in [2.24, 2.45) is 0 Å². The van der Waals surface area contributed by atoms with Gasteiger partial charge in [0, 0.05) is 13.1 Å². The number of hydrogen-bond acceptors (Lipinski definition) is 6. The zero-order valence-corrected chi connectivity index (χ0v) is 21.6. The van der Waals surface area contributed by atoms with Crippen LogP contribution in [-0.2, 0) is 14.6 Å². The van der Waals surface area contributed by atoms with Gasteiger partial charge in [-0.15, -0.1) is 12.4 Å². The van der Waals surface area contributed by atoms with Crippen molar-refractivity contribution in [3.8, 4) is 0 Å². The largest absolute Gasteiger partial charge is 0.302 e. The van der Waals surface area contributed by atoms with E-state index in [2.05, 4.69) is 16.0 Å². The molecule has 0 fully saturated rings. The van der Waals surface area contributed by atoms with Gasteiger partial charge in [0.05, 0.1) is 15.1 Å². The molecule has 0 atom stereocenters. The molecule has 1 amide bonds. The first kappa shape index (κ1) is 27.2. The van der Waals surface area contributed by atoms with Crippen molar-refractivity contribution in [1.82, 2.24) is 9.88 Å². The van der Waals surface area contributed by atoms with Crippen molar-refractivity contribution in [2.45, 2.75) is 32.6 Å². The van der Waals surface area contributed by atoms with Gasteiger partial charge in [-0.25, -0.2) is 17.8 Å². The first-order chi connectivity index (χ1) is 15.1. The lowest BCUT2D eigenvalue weighted by Gasteiger charge is -2.24. The number of halogens is 2. The minimum atomic E-state index is -3.92. The molecule has 0 radical (unpaired) electrons. The lowest BCUT2D eigenvalue weighted by molar-refractivity contribution is -0.116. The summed E-state index contributed by atoms with van der Waals surface area (Å²) in [4.78, 5) is 21.5. The van der Waals surface area contributed by atoms with E-state index in [0.717, 1.165) is 46.6 Å². The zero-order chi connectivity index (χ0) is 23.5. The monoisotopic (exact) mass is 513 g/mol. The quantitative estimate of drug-likeness (QED) is 0.390. The number of fused-ring (bicyclic) bond motifs is 1. The molecule has 180 valence electrons. The smallest absolute Gasteiger partial charge is 0.244 e. The molecular weight excluding hydrogens is 485 g/mol. The maximum Gasteiger partial charge on any atom is 0.244 e. The Morgan fingerprint density at radius 1 is 1.06 bits per heavy atom. The van der Waals surface area contributed by atoms with Crippen LogP contribution in [0.3, 0.4) is 0 Å². The van der Waals surface area contributed by atoms with E-state index < -0.39 is 27.3 Å². The molecule has 0 spiro atoms. The van der Waals surface area contributed by atoms with E-state index in [9.17, 15) is 17.6 Å². The van der Waals surface area contributed by atoms with E-state index in [0.29, 0.717) is 18.2 Å². The van der Waals surface area contributed by atoms with Crippen LogP contribution < -0.4 is 4.90 Å². The predicted molar refractivity (Wildman–Crippen MR) is 135 cm³/mol. The molecule has 3 aromatic rings. The highest BCUT2D eigenvalue weighted by atomic mass is 35.5. The molecule has 2 aromatic carbocycles. The summed E-state index contributed by atoms with van der Waals surface area (Å²) in [7, 11) is -3.92. The lowest BCUT2D eigenvalue weighted by Crippen LogP contribution is -2.41. The second-order valence-electron chi connectivity index (χ2n) is 7.71. The first-order valence-electron chi connectivity index (χ1n) is 10.5. The van der Waals surface area contributed by atoms with Gasteiger partial charge in [0.1, 0.15) is 11.6 Å². The van der Waals surface area contributed by atoms with Gasteiger partial charge in [-0.05, 0) is 68.4 Å². The summed E-state index contributed by atoms with van der Waals surface area (Å²) in [6, 6.07) is 8.54. The summed E-state index contributed by atoms with van der Waals surface area (Å²) in [5.41, 5.74) is 2.94. The van der Waals surface area contributed by atoms with Crippen molar-refractivity contribution in [3.05, 3.63) is 53.3 Å². The second-order valence-corrected chi connectivity index (χ2v) is 10.7. The van der Waals surface area contributed by atoms with Crippen LogP contribution in [0.25, 0.3) is 10.2 Å². The molecular formula is C23H29ClFN3O3S2. The Morgan fingerprint density at radius 2 is 1.70 bits per heavy atom. The Morgan fingerprint density at radius 3 is 2.30 bits per heavy atom. The number of aromatic nitrogens is 1. The number of benzene rings is 2. The topological polar surface area (TPSA) is 70.6 Å². The van der Waals surface area contributed by atoms with E-state index in [4.69, 9.17) is 0 Å². The second kappa shape index (κ2) is 11.4. The van der Waals surface area contributed by atoms with Crippen LogP contribution in [0.1, 0.15) is 25.0 Å².